The number of amides is 1. The average molecular weight is 284 g/mol. The highest BCUT2D eigenvalue weighted by Crippen LogP contribution is 2.23. The number of aromatic amines is 1. The van der Waals surface area contributed by atoms with Gasteiger partial charge in [0.05, 0.1) is 6.20 Å². The molecule has 1 aliphatic heterocycles. The van der Waals surface area contributed by atoms with E-state index in [4.69, 9.17) is 5.73 Å². The summed E-state index contributed by atoms with van der Waals surface area (Å²) in [6, 6.07) is 10.5. The van der Waals surface area contributed by atoms with Crippen molar-refractivity contribution in [3.63, 3.8) is 0 Å². The molecule has 3 rings (SSSR count). The van der Waals surface area contributed by atoms with Crippen LogP contribution in [0.25, 0.3) is 0 Å². The summed E-state index contributed by atoms with van der Waals surface area (Å²) in [5.41, 5.74) is 7.57. The van der Waals surface area contributed by atoms with Gasteiger partial charge in [0.1, 0.15) is 11.4 Å². The molecular formula is C16H20N4O. The fourth-order valence-corrected chi connectivity index (χ4v) is 2.92. The summed E-state index contributed by atoms with van der Waals surface area (Å²) in [6.07, 6.45) is 4.68. The third kappa shape index (κ3) is 3.07. The van der Waals surface area contributed by atoms with E-state index in [0.717, 1.165) is 32.4 Å². The van der Waals surface area contributed by atoms with Crippen LogP contribution in [0.4, 0.5) is 5.82 Å². The Kier molecular flexibility index (Phi) is 3.90. The molecule has 0 atom stereocenters. The highest BCUT2D eigenvalue weighted by atomic mass is 16.2. The number of nitrogens with two attached hydrogens (primary N) is 1. The molecule has 0 unspecified atom stereocenters. The maximum atomic E-state index is 12.3. The van der Waals surface area contributed by atoms with Gasteiger partial charge in [0.25, 0.3) is 5.91 Å². The van der Waals surface area contributed by atoms with Crippen LogP contribution in [-0.4, -0.2) is 34.1 Å². The van der Waals surface area contributed by atoms with Gasteiger partial charge in [-0.15, -0.1) is 0 Å². The first-order chi connectivity index (χ1) is 10.2. The van der Waals surface area contributed by atoms with Crippen LogP contribution in [0.2, 0.25) is 0 Å². The molecular weight excluding hydrogens is 264 g/mol. The van der Waals surface area contributed by atoms with Crippen LogP contribution < -0.4 is 5.73 Å². The molecule has 3 N–H and O–H groups in total. The van der Waals surface area contributed by atoms with Crippen molar-refractivity contribution in [3.05, 3.63) is 47.7 Å². The van der Waals surface area contributed by atoms with Crippen LogP contribution in [-0.2, 0) is 6.42 Å². The number of carbonyl (C=O) groups excluding carboxylic acids is 1. The third-order valence-electron chi connectivity index (χ3n) is 4.17. The molecule has 5 nitrogen and oxygen atoms in total. The van der Waals surface area contributed by atoms with Crippen molar-refractivity contribution in [2.45, 2.75) is 19.3 Å². The van der Waals surface area contributed by atoms with E-state index in [1.807, 2.05) is 11.0 Å². The number of carbonyl (C=O) groups is 1. The molecule has 0 radical (unpaired) electrons. The quantitative estimate of drug-likeness (QED) is 0.906. The summed E-state index contributed by atoms with van der Waals surface area (Å²) in [5.74, 6) is 0.990. The third-order valence-corrected chi connectivity index (χ3v) is 4.17. The van der Waals surface area contributed by atoms with E-state index in [-0.39, 0.29) is 5.91 Å². The predicted molar refractivity (Wildman–Crippen MR) is 81.8 cm³/mol. The average Bonchev–Trinajstić information content (AvgIpc) is 2.94. The zero-order valence-corrected chi connectivity index (χ0v) is 12.0. The molecule has 0 bridgehead atoms. The summed E-state index contributed by atoms with van der Waals surface area (Å²) in [6.45, 7) is 1.59. The molecule has 5 heteroatoms. The normalized spacial score (nSPS) is 16.1. The van der Waals surface area contributed by atoms with Gasteiger partial charge in [-0.25, -0.2) is 0 Å². The predicted octanol–water partition coefficient (Wildman–Crippen LogP) is 2.09. The SMILES string of the molecule is Nc1[nH]ncc1C(=O)N1CCC(Cc2ccccc2)CC1. The molecule has 1 aromatic carbocycles. The van der Waals surface area contributed by atoms with Gasteiger partial charge >= 0.3 is 0 Å². The topological polar surface area (TPSA) is 75.0 Å². The van der Waals surface area contributed by atoms with Crippen LogP contribution in [0, 0.1) is 5.92 Å². The number of piperidine rings is 1. The molecule has 1 aromatic heterocycles. The van der Waals surface area contributed by atoms with Crippen LogP contribution in [0.1, 0.15) is 28.8 Å². The van der Waals surface area contributed by atoms with Crippen molar-refractivity contribution in [2.24, 2.45) is 5.92 Å². The summed E-state index contributed by atoms with van der Waals surface area (Å²) in [5, 5.41) is 6.42. The molecule has 1 aliphatic rings. The molecule has 0 aliphatic carbocycles. The number of H-pyrrole nitrogens is 1. The number of nitrogen functional groups attached to an aromatic ring is 1. The molecule has 0 spiro atoms. The van der Waals surface area contributed by atoms with Crippen molar-refractivity contribution >= 4 is 11.7 Å². The standard InChI is InChI=1S/C16H20N4O/c17-15-14(11-18-19-15)16(21)20-8-6-13(7-9-20)10-12-4-2-1-3-5-12/h1-5,11,13H,6-10H2,(H3,17,18,19). The highest BCUT2D eigenvalue weighted by Gasteiger charge is 2.25. The lowest BCUT2D eigenvalue weighted by Gasteiger charge is -2.32. The minimum Gasteiger partial charge on any atom is -0.383 e. The van der Waals surface area contributed by atoms with Crippen molar-refractivity contribution in [2.75, 3.05) is 18.8 Å². The summed E-state index contributed by atoms with van der Waals surface area (Å²) >= 11 is 0. The second-order valence-electron chi connectivity index (χ2n) is 5.62. The van der Waals surface area contributed by atoms with Gasteiger partial charge in [-0.05, 0) is 30.7 Å². The molecule has 110 valence electrons. The van der Waals surface area contributed by atoms with Gasteiger partial charge in [-0.2, -0.15) is 5.10 Å². The van der Waals surface area contributed by atoms with Crippen molar-refractivity contribution in [1.29, 1.82) is 0 Å². The van der Waals surface area contributed by atoms with Gasteiger partial charge in [0.2, 0.25) is 0 Å². The van der Waals surface area contributed by atoms with Crippen LogP contribution in [0.5, 0.6) is 0 Å². The first-order valence-corrected chi connectivity index (χ1v) is 7.36. The molecule has 1 saturated heterocycles. The van der Waals surface area contributed by atoms with E-state index in [1.54, 1.807) is 0 Å². The molecule has 1 fully saturated rings. The number of hydrogen-bond acceptors (Lipinski definition) is 3. The van der Waals surface area contributed by atoms with Gasteiger partial charge in [-0.1, -0.05) is 30.3 Å². The number of rotatable bonds is 3. The van der Waals surface area contributed by atoms with Crippen molar-refractivity contribution in [3.8, 4) is 0 Å². The molecule has 21 heavy (non-hydrogen) atoms. The monoisotopic (exact) mass is 284 g/mol. The zero-order valence-electron chi connectivity index (χ0n) is 12.0. The van der Waals surface area contributed by atoms with E-state index in [9.17, 15) is 4.79 Å². The number of hydrogen-bond donors (Lipinski definition) is 2. The van der Waals surface area contributed by atoms with Crippen molar-refractivity contribution < 1.29 is 4.79 Å². The van der Waals surface area contributed by atoms with Gasteiger partial charge in [-0.3, -0.25) is 9.89 Å². The first-order valence-electron chi connectivity index (χ1n) is 7.36. The van der Waals surface area contributed by atoms with Crippen LogP contribution >= 0.6 is 0 Å². The minimum atomic E-state index is -0.0144. The minimum absolute atomic E-state index is 0.0144. The molecule has 2 aromatic rings. The summed E-state index contributed by atoms with van der Waals surface area (Å²) in [7, 11) is 0. The van der Waals surface area contributed by atoms with E-state index >= 15 is 0 Å². The Labute approximate surface area is 124 Å². The smallest absolute Gasteiger partial charge is 0.259 e. The number of aromatic nitrogens is 2. The maximum absolute atomic E-state index is 12.3. The largest absolute Gasteiger partial charge is 0.383 e. The molecule has 2 heterocycles. The van der Waals surface area contributed by atoms with Crippen LogP contribution in [0.15, 0.2) is 36.5 Å². The highest BCUT2D eigenvalue weighted by molar-refractivity contribution is 5.98. The van der Waals surface area contributed by atoms with Crippen molar-refractivity contribution in [1.82, 2.24) is 15.1 Å². The summed E-state index contributed by atoms with van der Waals surface area (Å²) < 4.78 is 0. The second-order valence-corrected chi connectivity index (χ2v) is 5.62. The fourth-order valence-electron chi connectivity index (χ4n) is 2.92. The zero-order chi connectivity index (χ0) is 14.7. The fraction of sp³-hybridized carbons (Fsp3) is 0.375. The van der Waals surface area contributed by atoms with Gasteiger partial charge in [0.15, 0.2) is 0 Å². The second kappa shape index (κ2) is 5.99. The van der Waals surface area contributed by atoms with E-state index in [0.29, 0.717) is 17.3 Å². The lowest BCUT2D eigenvalue weighted by Crippen LogP contribution is -2.39. The lowest BCUT2D eigenvalue weighted by molar-refractivity contribution is 0.0691. The summed E-state index contributed by atoms with van der Waals surface area (Å²) in [4.78, 5) is 14.2. The molecule has 0 saturated carbocycles. The Morgan fingerprint density at radius 1 is 1.29 bits per heavy atom. The number of benzene rings is 1. The number of anilines is 1. The maximum Gasteiger partial charge on any atom is 0.259 e. The number of nitrogens with zero attached hydrogens (tertiary/aromatic N) is 2. The Hall–Kier alpha value is -2.30. The van der Waals surface area contributed by atoms with E-state index < -0.39 is 0 Å². The molecule has 1 amide bonds. The Bertz CT molecular complexity index is 600. The number of likely N-dealkylation sites (tertiary alicyclic amines) is 1. The lowest BCUT2D eigenvalue weighted by atomic mass is 9.90. The Morgan fingerprint density at radius 3 is 2.62 bits per heavy atom. The van der Waals surface area contributed by atoms with Crippen LogP contribution in [0.3, 0.4) is 0 Å². The van der Waals surface area contributed by atoms with Gasteiger partial charge < -0.3 is 10.6 Å². The van der Waals surface area contributed by atoms with Gasteiger partial charge in [0, 0.05) is 13.1 Å². The van der Waals surface area contributed by atoms with E-state index in [2.05, 4.69) is 34.5 Å². The number of nitrogens with one attached hydrogen (secondary N) is 1. The Balaban J connectivity index is 1.56. The van der Waals surface area contributed by atoms with E-state index in [1.165, 1.54) is 11.8 Å². The Morgan fingerprint density at radius 2 is 2.00 bits per heavy atom. The first kappa shape index (κ1) is 13.7.